The zero-order valence-electron chi connectivity index (χ0n) is 18.2. The van der Waals surface area contributed by atoms with Crippen LogP contribution in [0.25, 0.3) is 0 Å². The molecule has 1 atom stereocenters. The highest BCUT2D eigenvalue weighted by Crippen LogP contribution is 2.38. The molecule has 32 heavy (non-hydrogen) atoms. The van der Waals surface area contributed by atoms with Gasteiger partial charge in [0.1, 0.15) is 18.1 Å². The number of carbonyl (C=O) groups excluding carboxylic acids is 1. The van der Waals surface area contributed by atoms with Crippen molar-refractivity contribution in [2.45, 2.75) is 31.5 Å². The van der Waals surface area contributed by atoms with Crippen LogP contribution < -0.4 is 10.1 Å². The number of fused-ring (bicyclic) bond motifs is 1. The number of hydrogen-bond donors (Lipinski definition) is 1. The molecule has 3 aromatic rings. The van der Waals surface area contributed by atoms with Crippen LogP contribution in [0.4, 0.5) is 4.79 Å². The van der Waals surface area contributed by atoms with Gasteiger partial charge in [0.15, 0.2) is 0 Å². The minimum Gasteiger partial charge on any atom is -0.491 e. The number of likely N-dealkylation sites (tertiary alicyclic amines) is 1. The Morgan fingerprint density at radius 1 is 0.938 bits per heavy atom. The molecule has 1 aromatic heterocycles. The third-order valence-corrected chi connectivity index (χ3v) is 6.39. The molecular formula is C26H29N3O3. The molecule has 5 rings (SSSR count). The van der Waals surface area contributed by atoms with Gasteiger partial charge < -0.3 is 19.4 Å². The van der Waals surface area contributed by atoms with Crippen molar-refractivity contribution < 1.29 is 13.9 Å². The second-order valence-electron chi connectivity index (χ2n) is 8.43. The van der Waals surface area contributed by atoms with E-state index in [1.165, 1.54) is 0 Å². The van der Waals surface area contributed by atoms with Gasteiger partial charge in [0.25, 0.3) is 0 Å². The maximum absolute atomic E-state index is 13.5. The highest BCUT2D eigenvalue weighted by Gasteiger charge is 2.36. The highest BCUT2D eigenvalue weighted by molar-refractivity contribution is 5.76. The molecule has 166 valence electrons. The van der Waals surface area contributed by atoms with Gasteiger partial charge in [0.2, 0.25) is 0 Å². The molecule has 0 aliphatic carbocycles. The number of carbonyl (C=O) groups is 1. The maximum Gasteiger partial charge on any atom is 0.318 e. The van der Waals surface area contributed by atoms with Gasteiger partial charge >= 0.3 is 6.03 Å². The van der Waals surface area contributed by atoms with Gasteiger partial charge in [-0.05, 0) is 36.6 Å². The van der Waals surface area contributed by atoms with E-state index in [9.17, 15) is 4.79 Å². The van der Waals surface area contributed by atoms with Gasteiger partial charge in [-0.2, -0.15) is 0 Å². The number of para-hydroxylation sites is 1. The SMILES string of the molecule is O=C1NCCOc2ccccc2C(c2ccccc2)N1C1CCN(Cc2ccco2)CC1. The van der Waals surface area contributed by atoms with Crippen LogP contribution in [0.1, 0.15) is 35.8 Å². The first-order valence-electron chi connectivity index (χ1n) is 11.4. The Morgan fingerprint density at radius 2 is 1.72 bits per heavy atom. The van der Waals surface area contributed by atoms with Crippen molar-refractivity contribution in [3.63, 3.8) is 0 Å². The van der Waals surface area contributed by atoms with Crippen LogP contribution >= 0.6 is 0 Å². The van der Waals surface area contributed by atoms with Gasteiger partial charge in [-0.1, -0.05) is 48.5 Å². The van der Waals surface area contributed by atoms with Gasteiger partial charge in [-0.3, -0.25) is 4.90 Å². The maximum atomic E-state index is 13.5. The van der Waals surface area contributed by atoms with Crippen LogP contribution in [0.3, 0.4) is 0 Å². The van der Waals surface area contributed by atoms with E-state index >= 15 is 0 Å². The molecular weight excluding hydrogens is 402 g/mol. The first-order valence-corrected chi connectivity index (χ1v) is 11.4. The van der Waals surface area contributed by atoms with Gasteiger partial charge in [0.05, 0.1) is 25.4 Å². The standard InChI is InChI=1S/C26H29N3O3/c30-26-27-14-18-32-24-11-5-4-10-23(24)25(20-7-2-1-3-8-20)29(26)21-12-15-28(16-13-21)19-22-9-6-17-31-22/h1-11,17,21,25H,12-16,18-19H2,(H,27,30). The number of nitrogens with one attached hydrogen (secondary N) is 1. The third kappa shape index (κ3) is 4.36. The van der Waals surface area contributed by atoms with Crippen molar-refractivity contribution >= 4 is 6.03 Å². The minimum absolute atomic E-state index is 0.0244. The zero-order valence-corrected chi connectivity index (χ0v) is 18.2. The molecule has 1 saturated heterocycles. The molecule has 2 amide bonds. The van der Waals surface area contributed by atoms with Crippen molar-refractivity contribution in [2.75, 3.05) is 26.2 Å². The lowest BCUT2D eigenvalue weighted by molar-refractivity contribution is 0.0984. The predicted octanol–water partition coefficient (Wildman–Crippen LogP) is 4.44. The number of rotatable bonds is 4. The van der Waals surface area contributed by atoms with E-state index < -0.39 is 0 Å². The predicted molar refractivity (Wildman–Crippen MR) is 122 cm³/mol. The topological polar surface area (TPSA) is 58.0 Å². The van der Waals surface area contributed by atoms with Crippen LogP contribution in [0, 0.1) is 0 Å². The molecule has 2 aliphatic rings. The molecule has 3 heterocycles. The number of amides is 2. The number of nitrogens with zero attached hydrogens (tertiary/aromatic N) is 2. The lowest BCUT2D eigenvalue weighted by atomic mass is 9.92. The van der Waals surface area contributed by atoms with Crippen LogP contribution in [-0.4, -0.2) is 48.1 Å². The fourth-order valence-corrected chi connectivity index (χ4v) is 4.85. The van der Waals surface area contributed by atoms with Crippen molar-refractivity contribution in [1.82, 2.24) is 15.1 Å². The average Bonchev–Trinajstić information content (AvgIpc) is 3.36. The summed E-state index contributed by atoms with van der Waals surface area (Å²) in [4.78, 5) is 17.9. The molecule has 0 radical (unpaired) electrons. The lowest BCUT2D eigenvalue weighted by Gasteiger charge is -2.42. The molecule has 2 aromatic carbocycles. The van der Waals surface area contributed by atoms with Crippen molar-refractivity contribution in [1.29, 1.82) is 0 Å². The summed E-state index contributed by atoms with van der Waals surface area (Å²) in [6, 6.07) is 22.3. The normalized spacial score (nSPS) is 20.4. The van der Waals surface area contributed by atoms with E-state index in [1.54, 1.807) is 6.26 Å². The Hall–Kier alpha value is -3.25. The smallest absolute Gasteiger partial charge is 0.318 e. The highest BCUT2D eigenvalue weighted by atomic mass is 16.5. The Bertz CT molecular complexity index is 1010. The summed E-state index contributed by atoms with van der Waals surface area (Å²) in [7, 11) is 0. The quantitative estimate of drug-likeness (QED) is 0.664. The summed E-state index contributed by atoms with van der Waals surface area (Å²) >= 11 is 0. The minimum atomic E-state index is -0.202. The molecule has 6 nitrogen and oxygen atoms in total. The molecule has 6 heteroatoms. The van der Waals surface area contributed by atoms with E-state index in [4.69, 9.17) is 9.15 Å². The Morgan fingerprint density at radius 3 is 2.50 bits per heavy atom. The van der Waals surface area contributed by atoms with Crippen LogP contribution in [-0.2, 0) is 6.54 Å². The molecule has 0 spiro atoms. The second-order valence-corrected chi connectivity index (χ2v) is 8.43. The first kappa shape index (κ1) is 20.6. The van der Waals surface area contributed by atoms with E-state index in [-0.39, 0.29) is 18.1 Å². The summed E-state index contributed by atoms with van der Waals surface area (Å²) < 4.78 is 11.6. The Kier molecular flexibility index (Phi) is 6.12. The number of furan rings is 1. The fourth-order valence-electron chi connectivity index (χ4n) is 4.85. The van der Waals surface area contributed by atoms with Crippen molar-refractivity contribution in [3.8, 4) is 5.75 Å². The summed E-state index contributed by atoms with van der Waals surface area (Å²) in [5, 5.41) is 3.09. The molecule has 0 saturated carbocycles. The lowest BCUT2D eigenvalue weighted by Crippen LogP contribution is -2.52. The van der Waals surface area contributed by atoms with Crippen LogP contribution in [0.15, 0.2) is 77.4 Å². The third-order valence-electron chi connectivity index (χ3n) is 6.39. The van der Waals surface area contributed by atoms with Gasteiger partial charge in [-0.25, -0.2) is 4.79 Å². The van der Waals surface area contributed by atoms with E-state index in [2.05, 4.69) is 33.3 Å². The van der Waals surface area contributed by atoms with E-state index in [0.717, 1.165) is 55.1 Å². The number of ether oxygens (including phenoxy) is 1. The number of hydrogen-bond acceptors (Lipinski definition) is 4. The van der Waals surface area contributed by atoms with Gasteiger partial charge in [0, 0.05) is 24.7 Å². The first-order chi connectivity index (χ1) is 15.8. The summed E-state index contributed by atoms with van der Waals surface area (Å²) in [5.41, 5.74) is 2.13. The van der Waals surface area contributed by atoms with Crippen LogP contribution in [0.5, 0.6) is 5.75 Å². The van der Waals surface area contributed by atoms with Crippen molar-refractivity contribution in [3.05, 3.63) is 89.9 Å². The number of benzene rings is 2. The number of urea groups is 1. The molecule has 0 bridgehead atoms. The second kappa shape index (κ2) is 9.49. The molecule has 1 fully saturated rings. The van der Waals surface area contributed by atoms with E-state index in [0.29, 0.717) is 13.2 Å². The number of piperidine rings is 1. The monoisotopic (exact) mass is 431 g/mol. The van der Waals surface area contributed by atoms with Crippen molar-refractivity contribution in [2.24, 2.45) is 0 Å². The van der Waals surface area contributed by atoms with E-state index in [1.807, 2.05) is 48.5 Å². The Balaban J connectivity index is 1.46. The van der Waals surface area contributed by atoms with Gasteiger partial charge in [-0.15, -0.1) is 0 Å². The molecule has 1 unspecified atom stereocenters. The molecule has 1 N–H and O–H groups in total. The summed E-state index contributed by atoms with van der Waals surface area (Å²) in [6.07, 6.45) is 3.56. The average molecular weight is 432 g/mol. The zero-order chi connectivity index (χ0) is 21.8. The fraction of sp³-hybridized carbons (Fsp3) is 0.346. The van der Waals surface area contributed by atoms with Crippen LogP contribution in [0.2, 0.25) is 0 Å². The summed E-state index contributed by atoms with van der Waals surface area (Å²) in [5.74, 6) is 1.83. The summed E-state index contributed by atoms with van der Waals surface area (Å²) in [6.45, 7) is 3.61. The largest absolute Gasteiger partial charge is 0.491 e. The molecule has 2 aliphatic heterocycles. The Labute approximate surface area is 188 Å².